The summed E-state index contributed by atoms with van der Waals surface area (Å²) in [6.07, 6.45) is 5.43. The van der Waals surface area contributed by atoms with Crippen LogP contribution in [0.25, 0.3) is 6.08 Å². The summed E-state index contributed by atoms with van der Waals surface area (Å²) in [4.78, 5) is 0. The van der Waals surface area contributed by atoms with Crippen molar-refractivity contribution >= 4 is 19.4 Å². The van der Waals surface area contributed by atoms with Crippen molar-refractivity contribution in [1.29, 1.82) is 0 Å². The lowest BCUT2D eigenvalue weighted by Gasteiger charge is -1.93. The van der Waals surface area contributed by atoms with E-state index in [9.17, 15) is 0 Å². The second kappa shape index (κ2) is 4.02. The highest BCUT2D eigenvalue weighted by Crippen LogP contribution is 1.99. The second-order valence-corrected chi connectivity index (χ2v) is 2.72. The second-order valence-electron chi connectivity index (χ2n) is 2.72. The smallest absolute Gasteiger partial charge is 0.0889 e. The van der Waals surface area contributed by atoms with E-state index in [1.54, 1.807) is 0 Å². The largest absolute Gasteiger partial charge is 0.139 e. The van der Waals surface area contributed by atoms with Crippen LogP contribution in [0.15, 0.2) is 30.3 Å². The van der Waals surface area contributed by atoms with Crippen molar-refractivity contribution in [2.24, 2.45) is 0 Å². The minimum atomic E-state index is 1.11. The molecule has 0 aliphatic carbocycles. The lowest BCUT2D eigenvalue weighted by atomic mass is 9.95. The van der Waals surface area contributed by atoms with Gasteiger partial charge in [-0.05, 0) is 12.0 Å². The van der Waals surface area contributed by atoms with Crippen LogP contribution < -0.4 is 5.46 Å². The summed E-state index contributed by atoms with van der Waals surface area (Å²) in [7, 11) is 2.10. The maximum Gasteiger partial charge on any atom is 0.139 e. The van der Waals surface area contributed by atoms with E-state index >= 15 is 0 Å². The predicted octanol–water partition coefficient (Wildman–Crippen LogP) is 1.37. The van der Waals surface area contributed by atoms with Crippen LogP contribution in [-0.4, -0.2) is 7.85 Å². The molecular weight excluding hydrogens is 131 g/mol. The van der Waals surface area contributed by atoms with E-state index in [0.29, 0.717) is 0 Å². The van der Waals surface area contributed by atoms with Crippen LogP contribution in [0.3, 0.4) is 0 Å². The van der Waals surface area contributed by atoms with Gasteiger partial charge in [-0.15, -0.1) is 0 Å². The number of hydrogen-bond donors (Lipinski definition) is 0. The van der Waals surface area contributed by atoms with Gasteiger partial charge in [0.15, 0.2) is 0 Å². The first-order valence-corrected chi connectivity index (χ1v) is 4.06. The highest BCUT2D eigenvalue weighted by molar-refractivity contribution is 6.32. The molecule has 0 nitrogen and oxygen atoms in total. The van der Waals surface area contributed by atoms with E-state index in [1.807, 2.05) is 0 Å². The van der Waals surface area contributed by atoms with Crippen LogP contribution >= 0.6 is 0 Å². The lowest BCUT2D eigenvalue weighted by Crippen LogP contribution is -1.98. The Balaban J connectivity index is 2.73. The van der Waals surface area contributed by atoms with Crippen LogP contribution in [0.4, 0.5) is 0 Å². The highest BCUT2D eigenvalue weighted by Gasteiger charge is 1.84. The number of allylic oxidation sites excluding steroid dienone is 1. The molecule has 1 rings (SSSR count). The molecule has 0 aliphatic heterocycles. The Morgan fingerprint density at radius 3 is 2.45 bits per heavy atom. The zero-order valence-electron chi connectivity index (χ0n) is 7.17. The molecule has 11 heavy (non-hydrogen) atoms. The molecule has 0 aromatic heterocycles. The van der Waals surface area contributed by atoms with E-state index < -0.39 is 0 Å². The van der Waals surface area contributed by atoms with Gasteiger partial charge in [-0.3, -0.25) is 0 Å². The maximum absolute atomic E-state index is 2.17. The minimum Gasteiger partial charge on any atom is -0.0889 e. The molecule has 0 saturated heterocycles. The van der Waals surface area contributed by atoms with Crippen molar-refractivity contribution in [3.63, 3.8) is 0 Å². The van der Waals surface area contributed by atoms with Gasteiger partial charge in [0.25, 0.3) is 0 Å². The van der Waals surface area contributed by atoms with Crippen LogP contribution in [0.1, 0.15) is 18.9 Å². The molecule has 1 aromatic carbocycles. The Morgan fingerprint density at radius 1 is 1.27 bits per heavy atom. The summed E-state index contributed by atoms with van der Waals surface area (Å²) >= 11 is 0. The molecule has 0 aliphatic rings. The van der Waals surface area contributed by atoms with Crippen molar-refractivity contribution in [3.05, 3.63) is 35.9 Å². The molecule has 0 heterocycles. The van der Waals surface area contributed by atoms with Gasteiger partial charge >= 0.3 is 0 Å². The number of hydrogen-bond acceptors (Lipinski definition) is 0. The van der Waals surface area contributed by atoms with Gasteiger partial charge in [-0.1, -0.05) is 48.8 Å². The first-order chi connectivity index (χ1) is 5.33. The van der Waals surface area contributed by atoms with Crippen molar-refractivity contribution in [2.75, 3.05) is 0 Å². The molecule has 0 saturated carbocycles. The first-order valence-electron chi connectivity index (χ1n) is 4.06. The number of benzene rings is 1. The Labute approximate surface area is 69.4 Å². The third-order valence-electron chi connectivity index (χ3n) is 1.62. The molecule has 0 radical (unpaired) electrons. The summed E-state index contributed by atoms with van der Waals surface area (Å²) in [6, 6.07) is 8.55. The molecule has 0 unspecified atom stereocenters. The van der Waals surface area contributed by atoms with Crippen molar-refractivity contribution in [2.45, 2.75) is 13.3 Å². The summed E-state index contributed by atoms with van der Waals surface area (Å²) in [5.41, 5.74) is 2.61. The molecule has 0 fully saturated rings. The molecule has 1 aromatic rings. The number of rotatable bonds is 2. The molecule has 0 N–H and O–H groups in total. The highest BCUT2D eigenvalue weighted by atomic mass is 13.9. The fourth-order valence-electron chi connectivity index (χ4n) is 0.931. The normalized spacial score (nSPS) is 10.6. The zero-order valence-corrected chi connectivity index (χ0v) is 7.17. The summed E-state index contributed by atoms with van der Waals surface area (Å²) in [5.74, 6) is 0. The van der Waals surface area contributed by atoms with Crippen LogP contribution in [0, 0.1) is 0 Å². The molecule has 0 atom stereocenters. The van der Waals surface area contributed by atoms with Crippen molar-refractivity contribution in [3.8, 4) is 0 Å². The van der Waals surface area contributed by atoms with Gasteiger partial charge < -0.3 is 0 Å². The monoisotopic (exact) mass is 144 g/mol. The van der Waals surface area contributed by atoms with E-state index in [1.165, 1.54) is 11.0 Å². The van der Waals surface area contributed by atoms with E-state index in [4.69, 9.17) is 0 Å². The van der Waals surface area contributed by atoms with Gasteiger partial charge in [0.1, 0.15) is 7.85 Å². The molecule has 56 valence electrons. The van der Waals surface area contributed by atoms with Gasteiger partial charge in [0, 0.05) is 0 Å². The van der Waals surface area contributed by atoms with Crippen molar-refractivity contribution in [1.82, 2.24) is 0 Å². The molecule has 0 spiro atoms. The van der Waals surface area contributed by atoms with E-state index in [-0.39, 0.29) is 0 Å². The topological polar surface area (TPSA) is 0 Å². The zero-order chi connectivity index (χ0) is 8.10. The minimum absolute atomic E-state index is 1.11. The molecule has 1 heteroatoms. The Kier molecular flexibility index (Phi) is 2.97. The quantitative estimate of drug-likeness (QED) is 0.550. The fraction of sp³-hybridized carbons (Fsp3) is 0.200. The van der Waals surface area contributed by atoms with Crippen LogP contribution in [0.5, 0.6) is 0 Å². The molecular formula is C10H13B. The lowest BCUT2D eigenvalue weighted by molar-refractivity contribution is 1.23. The van der Waals surface area contributed by atoms with Crippen LogP contribution in [-0.2, 0) is 0 Å². The summed E-state index contributed by atoms with van der Waals surface area (Å²) in [6.45, 7) is 2.14. The van der Waals surface area contributed by atoms with Gasteiger partial charge in [-0.25, -0.2) is 0 Å². The maximum atomic E-state index is 2.17. The Bertz CT molecular complexity index is 234. The average molecular weight is 144 g/mol. The summed E-state index contributed by atoms with van der Waals surface area (Å²) < 4.78 is 0. The average Bonchev–Trinajstić information content (AvgIpc) is 2.04. The van der Waals surface area contributed by atoms with E-state index in [2.05, 4.69) is 51.2 Å². The SMILES string of the molecule is Bc1ccc(/C=C/CC)cc1. The Morgan fingerprint density at radius 2 is 1.91 bits per heavy atom. The predicted molar refractivity (Wildman–Crippen MR) is 53.9 cm³/mol. The Hall–Kier alpha value is -0.975. The van der Waals surface area contributed by atoms with Gasteiger partial charge in [-0.2, -0.15) is 0 Å². The van der Waals surface area contributed by atoms with Crippen LogP contribution in [0.2, 0.25) is 0 Å². The van der Waals surface area contributed by atoms with E-state index in [0.717, 1.165) is 6.42 Å². The van der Waals surface area contributed by atoms with Gasteiger partial charge in [0.2, 0.25) is 0 Å². The standard InChI is InChI=1S/C10H13B/c1-2-3-4-9-5-7-10(11)8-6-9/h3-8H,2,11H2,1H3/b4-3+. The molecule has 0 amide bonds. The van der Waals surface area contributed by atoms with Gasteiger partial charge in [0.05, 0.1) is 0 Å². The molecule has 0 bridgehead atoms. The fourth-order valence-corrected chi connectivity index (χ4v) is 0.931. The third-order valence-corrected chi connectivity index (χ3v) is 1.62. The van der Waals surface area contributed by atoms with Crippen molar-refractivity contribution < 1.29 is 0 Å². The summed E-state index contributed by atoms with van der Waals surface area (Å²) in [5, 5.41) is 0. The first kappa shape index (κ1) is 8.12. The third kappa shape index (κ3) is 2.63.